The van der Waals surface area contributed by atoms with Gasteiger partial charge in [0.1, 0.15) is 6.04 Å². The molecule has 0 aliphatic rings. The van der Waals surface area contributed by atoms with E-state index < -0.39 is 41.5 Å². The Morgan fingerprint density at radius 2 is 1.67 bits per heavy atom. The number of alkyl halides is 3. The second-order valence-electron chi connectivity index (χ2n) is 8.54. The van der Waals surface area contributed by atoms with Crippen molar-refractivity contribution >= 4 is 46.2 Å². The van der Waals surface area contributed by atoms with Gasteiger partial charge in [-0.15, -0.1) is 0 Å². The van der Waals surface area contributed by atoms with Crippen molar-refractivity contribution in [2.45, 2.75) is 31.6 Å². The molecule has 0 spiro atoms. The molecule has 0 radical (unpaired) electrons. The molecule has 0 saturated carbocycles. The molecule has 3 rings (SSSR count). The summed E-state index contributed by atoms with van der Waals surface area (Å²) in [6.07, 6.45) is -2.87. The lowest BCUT2D eigenvalue weighted by Gasteiger charge is -2.19. The number of amides is 3. The number of pyridine rings is 1. The molecule has 1 heterocycles. The number of para-hydroxylation sites is 1. The maximum atomic E-state index is 12.9. The Bertz CT molecular complexity index is 1300. The van der Waals surface area contributed by atoms with Gasteiger partial charge in [-0.1, -0.05) is 36.4 Å². The standard InChI is InChI=1S/C27H27F3N4O4S/c28-27(29,30)23(35)17-39-12-6-11-22(34-24(36)16-33-25(37)19-7-2-1-3-8-19)26(38)32-15-18-13-20-9-4-5-10-21(20)31-14-18/h1-5,7-10,13-14,22H,6,11-12,15-17H2,(H,32,38)(H,33,37)(H,34,36)/t22-/m0/s1. The average molecular weight is 561 g/mol. The Hall–Kier alpha value is -3.93. The van der Waals surface area contributed by atoms with Crippen molar-refractivity contribution in [2.24, 2.45) is 0 Å². The predicted octanol–water partition coefficient (Wildman–Crippen LogP) is 3.41. The maximum absolute atomic E-state index is 12.9. The van der Waals surface area contributed by atoms with Gasteiger partial charge in [-0.3, -0.25) is 24.2 Å². The van der Waals surface area contributed by atoms with Crippen LogP contribution in [0.5, 0.6) is 0 Å². The highest BCUT2D eigenvalue weighted by atomic mass is 32.2. The quantitative estimate of drug-likeness (QED) is 0.276. The molecule has 2 aromatic carbocycles. The number of hydrogen-bond donors (Lipinski definition) is 3. The van der Waals surface area contributed by atoms with Gasteiger partial charge in [-0.05, 0) is 48.4 Å². The first-order valence-corrected chi connectivity index (χ1v) is 13.2. The van der Waals surface area contributed by atoms with Crippen molar-refractivity contribution in [1.29, 1.82) is 0 Å². The number of rotatable bonds is 13. The highest BCUT2D eigenvalue weighted by molar-refractivity contribution is 7.99. The van der Waals surface area contributed by atoms with Crippen molar-refractivity contribution in [1.82, 2.24) is 20.9 Å². The van der Waals surface area contributed by atoms with Crippen LogP contribution in [0, 0.1) is 0 Å². The van der Waals surface area contributed by atoms with Crippen LogP contribution < -0.4 is 16.0 Å². The Labute approximate surface area is 227 Å². The number of nitrogens with zero attached hydrogens (tertiary/aromatic N) is 1. The Balaban J connectivity index is 1.55. The molecule has 12 heteroatoms. The van der Waals surface area contributed by atoms with Gasteiger partial charge < -0.3 is 16.0 Å². The Morgan fingerprint density at radius 1 is 0.949 bits per heavy atom. The highest BCUT2D eigenvalue weighted by Gasteiger charge is 2.37. The molecule has 39 heavy (non-hydrogen) atoms. The van der Waals surface area contributed by atoms with Gasteiger partial charge in [0.2, 0.25) is 17.6 Å². The summed E-state index contributed by atoms with van der Waals surface area (Å²) in [5, 5.41) is 8.70. The van der Waals surface area contributed by atoms with Crippen molar-refractivity contribution in [3.63, 3.8) is 0 Å². The monoisotopic (exact) mass is 560 g/mol. The number of ketones is 1. The van der Waals surface area contributed by atoms with Gasteiger partial charge in [-0.2, -0.15) is 24.9 Å². The largest absolute Gasteiger partial charge is 0.450 e. The van der Waals surface area contributed by atoms with Gasteiger partial charge in [0.25, 0.3) is 5.91 Å². The van der Waals surface area contributed by atoms with E-state index in [1.165, 1.54) is 0 Å². The Morgan fingerprint density at radius 3 is 2.41 bits per heavy atom. The molecular formula is C27H27F3N4O4S. The lowest BCUT2D eigenvalue weighted by atomic mass is 10.1. The molecule has 0 bridgehead atoms. The van der Waals surface area contributed by atoms with E-state index in [-0.39, 0.29) is 31.7 Å². The maximum Gasteiger partial charge on any atom is 0.450 e. The zero-order chi connectivity index (χ0) is 28.3. The summed E-state index contributed by atoms with van der Waals surface area (Å²) in [6, 6.07) is 16.7. The molecule has 206 valence electrons. The van der Waals surface area contributed by atoms with Crippen LogP contribution in [0.4, 0.5) is 13.2 Å². The minimum atomic E-state index is -4.88. The molecule has 0 aliphatic heterocycles. The van der Waals surface area contributed by atoms with Crippen molar-refractivity contribution in [3.8, 4) is 0 Å². The number of benzene rings is 2. The van der Waals surface area contributed by atoms with Crippen LogP contribution in [0.3, 0.4) is 0 Å². The summed E-state index contributed by atoms with van der Waals surface area (Å²) in [4.78, 5) is 53.0. The molecular weight excluding hydrogens is 533 g/mol. The fraction of sp³-hybridized carbons (Fsp3) is 0.296. The van der Waals surface area contributed by atoms with E-state index >= 15 is 0 Å². The second kappa shape index (κ2) is 14.3. The van der Waals surface area contributed by atoms with Gasteiger partial charge >= 0.3 is 6.18 Å². The number of fused-ring (bicyclic) bond motifs is 1. The van der Waals surface area contributed by atoms with Gasteiger partial charge in [-0.25, -0.2) is 0 Å². The first-order chi connectivity index (χ1) is 18.6. The predicted molar refractivity (Wildman–Crippen MR) is 142 cm³/mol. The lowest BCUT2D eigenvalue weighted by Crippen LogP contribution is -2.49. The molecule has 3 N–H and O–H groups in total. The van der Waals surface area contributed by atoms with Crippen LogP contribution >= 0.6 is 11.8 Å². The summed E-state index contributed by atoms with van der Waals surface area (Å²) in [5.74, 6) is -3.92. The minimum absolute atomic E-state index is 0.118. The van der Waals surface area contributed by atoms with Gasteiger partial charge in [0, 0.05) is 23.7 Å². The summed E-state index contributed by atoms with van der Waals surface area (Å²) < 4.78 is 37.2. The SMILES string of the molecule is O=C(CNC(=O)c1ccccc1)N[C@@H](CCCSCC(=O)C(F)(F)F)C(=O)NCc1cnc2ccccc2c1. The minimum Gasteiger partial charge on any atom is -0.350 e. The number of carbonyl (C=O) groups excluding carboxylic acids is 4. The molecule has 1 atom stereocenters. The third-order valence-corrected chi connectivity index (χ3v) is 6.59. The zero-order valence-electron chi connectivity index (χ0n) is 20.8. The average Bonchev–Trinajstić information content (AvgIpc) is 2.93. The fourth-order valence-corrected chi connectivity index (χ4v) is 4.39. The summed E-state index contributed by atoms with van der Waals surface area (Å²) in [5.41, 5.74) is 1.91. The summed E-state index contributed by atoms with van der Waals surface area (Å²) in [7, 11) is 0. The molecule has 3 aromatic rings. The van der Waals surface area contributed by atoms with E-state index in [1.54, 1.807) is 36.5 Å². The van der Waals surface area contributed by atoms with Crippen molar-refractivity contribution in [2.75, 3.05) is 18.1 Å². The zero-order valence-corrected chi connectivity index (χ0v) is 21.6. The van der Waals surface area contributed by atoms with Crippen LogP contribution in [-0.4, -0.2) is 58.8 Å². The van der Waals surface area contributed by atoms with E-state index in [0.29, 0.717) is 5.56 Å². The number of carbonyl (C=O) groups is 4. The van der Waals surface area contributed by atoms with Crippen LogP contribution in [0.15, 0.2) is 66.9 Å². The third kappa shape index (κ3) is 9.71. The van der Waals surface area contributed by atoms with E-state index in [0.717, 1.165) is 28.2 Å². The molecule has 8 nitrogen and oxygen atoms in total. The molecule has 1 aromatic heterocycles. The summed E-state index contributed by atoms with van der Waals surface area (Å²) in [6.45, 7) is -0.233. The first-order valence-electron chi connectivity index (χ1n) is 12.1. The normalized spacial score (nSPS) is 12.0. The molecule has 0 fully saturated rings. The molecule has 0 aliphatic carbocycles. The van der Waals surface area contributed by atoms with Crippen molar-refractivity contribution < 1.29 is 32.3 Å². The first kappa shape index (κ1) is 29.6. The summed E-state index contributed by atoms with van der Waals surface area (Å²) >= 11 is 0.805. The topological polar surface area (TPSA) is 117 Å². The van der Waals surface area contributed by atoms with E-state index in [1.807, 2.05) is 30.3 Å². The smallest absolute Gasteiger partial charge is 0.350 e. The third-order valence-electron chi connectivity index (χ3n) is 5.54. The van der Waals surface area contributed by atoms with E-state index in [2.05, 4.69) is 20.9 Å². The molecule has 3 amide bonds. The molecule has 0 saturated heterocycles. The number of thioether (sulfide) groups is 1. The number of halogens is 3. The second-order valence-corrected chi connectivity index (χ2v) is 9.64. The van der Waals surface area contributed by atoms with E-state index in [4.69, 9.17) is 0 Å². The van der Waals surface area contributed by atoms with E-state index in [9.17, 15) is 32.3 Å². The van der Waals surface area contributed by atoms with Crippen LogP contribution in [-0.2, 0) is 20.9 Å². The Kier molecular flexibility index (Phi) is 10.9. The lowest BCUT2D eigenvalue weighted by molar-refractivity contribution is -0.167. The van der Waals surface area contributed by atoms with Crippen LogP contribution in [0.2, 0.25) is 0 Å². The van der Waals surface area contributed by atoms with Crippen LogP contribution in [0.1, 0.15) is 28.8 Å². The number of aromatic nitrogens is 1. The highest BCUT2D eigenvalue weighted by Crippen LogP contribution is 2.19. The molecule has 0 unspecified atom stereocenters. The number of Topliss-reactive ketones (excluding diaryl/α,β-unsaturated/α-hetero) is 1. The van der Waals surface area contributed by atoms with Gasteiger partial charge in [0.15, 0.2) is 0 Å². The van der Waals surface area contributed by atoms with Crippen molar-refractivity contribution in [3.05, 3.63) is 78.0 Å². The number of nitrogens with one attached hydrogen (secondary N) is 3. The van der Waals surface area contributed by atoms with Gasteiger partial charge in [0.05, 0.1) is 17.8 Å². The van der Waals surface area contributed by atoms with Crippen LogP contribution in [0.25, 0.3) is 10.9 Å². The number of hydrogen-bond acceptors (Lipinski definition) is 6. The fourth-order valence-electron chi connectivity index (χ4n) is 3.53.